The van der Waals surface area contributed by atoms with Gasteiger partial charge in [-0.3, -0.25) is 4.99 Å². The number of piperidine rings is 1. The van der Waals surface area contributed by atoms with Crippen LogP contribution in [0, 0.1) is 0 Å². The highest BCUT2D eigenvalue weighted by molar-refractivity contribution is 5.80. The Morgan fingerprint density at radius 2 is 1.93 bits per heavy atom. The van der Waals surface area contributed by atoms with Gasteiger partial charge in [0, 0.05) is 66.5 Å². The zero-order valence-electron chi connectivity index (χ0n) is 17.1. The maximum Gasteiger partial charge on any atom is 0.193 e. The number of hydrogen-bond donors (Lipinski definition) is 1. The molecule has 0 saturated carbocycles. The number of guanidine groups is 1. The minimum atomic E-state index is -0.143. The van der Waals surface area contributed by atoms with Crippen LogP contribution < -0.4 is 5.32 Å². The van der Waals surface area contributed by atoms with Crippen molar-refractivity contribution in [1.29, 1.82) is 0 Å². The van der Waals surface area contributed by atoms with Gasteiger partial charge in [0.2, 0.25) is 0 Å². The fraction of sp³-hybridized carbons (Fsp3) is 0.950. The highest BCUT2D eigenvalue weighted by Gasteiger charge is 2.33. The maximum absolute atomic E-state index is 6.13. The summed E-state index contributed by atoms with van der Waals surface area (Å²) >= 11 is 0. The third-order valence-electron chi connectivity index (χ3n) is 6.15. The minimum absolute atomic E-state index is 0.143. The second-order valence-corrected chi connectivity index (χ2v) is 7.91. The molecule has 0 spiro atoms. The summed E-state index contributed by atoms with van der Waals surface area (Å²) in [4.78, 5) is 6.82. The van der Waals surface area contributed by atoms with E-state index in [2.05, 4.69) is 15.2 Å². The van der Waals surface area contributed by atoms with Crippen LogP contribution in [0.3, 0.4) is 0 Å². The van der Waals surface area contributed by atoms with E-state index in [1.54, 1.807) is 7.11 Å². The molecule has 0 aliphatic carbocycles. The normalized spacial score (nSPS) is 27.6. The predicted octanol–water partition coefficient (Wildman–Crippen LogP) is 1.81. The number of rotatable bonds is 6. The summed E-state index contributed by atoms with van der Waals surface area (Å²) < 4.78 is 23.2. The molecule has 0 aromatic carbocycles. The van der Waals surface area contributed by atoms with Crippen molar-refractivity contribution in [2.75, 3.05) is 60.2 Å². The molecule has 7 nitrogen and oxygen atoms in total. The quantitative estimate of drug-likeness (QED) is 0.557. The Kier molecular flexibility index (Phi) is 8.18. The van der Waals surface area contributed by atoms with Crippen LogP contribution in [0.25, 0.3) is 0 Å². The van der Waals surface area contributed by atoms with Crippen molar-refractivity contribution in [1.82, 2.24) is 10.2 Å². The van der Waals surface area contributed by atoms with Crippen LogP contribution in [0.4, 0.5) is 0 Å². The van der Waals surface area contributed by atoms with Gasteiger partial charge in [0.1, 0.15) is 0 Å². The SMILES string of the molecule is CN=C(NCC1(OC)CCOCC1)N1CCC(OCC2CCCCO2)CC1. The van der Waals surface area contributed by atoms with Gasteiger partial charge in [-0.15, -0.1) is 0 Å². The summed E-state index contributed by atoms with van der Waals surface area (Å²) in [6, 6.07) is 0. The Hall–Kier alpha value is -0.890. The van der Waals surface area contributed by atoms with Crippen LogP contribution in [0.1, 0.15) is 44.9 Å². The molecular formula is C20H37N3O4. The first-order chi connectivity index (χ1) is 13.2. The highest BCUT2D eigenvalue weighted by Crippen LogP contribution is 2.24. The number of hydrogen-bond acceptors (Lipinski definition) is 5. The summed E-state index contributed by atoms with van der Waals surface area (Å²) in [6.45, 7) is 5.88. The molecule has 3 aliphatic rings. The Labute approximate surface area is 163 Å². The molecule has 1 N–H and O–H groups in total. The number of likely N-dealkylation sites (tertiary alicyclic amines) is 1. The summed E-state index contributed by atoms with van der Waals surface area (Å²) in [7, 11) is 3.66. The molecule has 27 heavy (non-hydrogen) atoms. The number of nitrogens with zero attached hydrogens (tertiary/aromatic N) is 2. The van der Waals surface area contributed by atoms with E-state index in [1.807, 2.05) is 7.05 Å². The Bertz CT molecular complexity index is 454. The van der Waals surface area contributed by atoms with Crippen molar-refractivity contribution in [3.8, 4) is 0 Å². The molecular weight excluding hydrogens is 346 g/mol. The molecule has 3 aliphatic heterocycles. The molecule has 0 aromatic heterocycles. The maximum atomic E-state index is 6.13. The van der Waals surface area contributed by atoms with Crippen molar-refractivity contribution in [2.45, 2.75) is 62.8 Å². The first-order valence-electron chi connectivity index (χ1n) is 10.6. The molecule has 0 amide bonds. The summed E-state index contributed by atoms with van der Waals surface area (Å²) in [5, 5.41) is 3.53. The third kappa shape index (κ3) is 6.04. The van der Waals surface area contributed by atoms with E-state index < -0.39 is 0 Å². The van der Waals surface area contributed by atoms with Gasteiger partial charge in [0.15, 0.2) is 5.96 Å². The molecule has 0 bridgehead atoms. The van der Waals surface area contributed by atoms with Crippen molar-refractivity contribution < 1.29 is 18.9 Å². The number of methoxy groups -OCH3 is 1. The Morgan fingerprint density at radius 3 is 2.56 bits per heavy atom. The topological polar surface area (TPSA) is 64.6 Å². The highest BCUT2D eigenvalue weighted by atomic mass is 16.5. The zero-order valence-corrected chi connectivity index (χ0v) is 17.1. The lowest BCUT2D eigenvalue weighted by atomic mass is 9.94. The van der Waals surface area contributed by atoms with Gasteiger partial charge in [0.05, 0.1) is 24.4 Å². The monoisotopic (exact) mass is 383 g/mol. The van der Waals surface area contributed by atoms with Gasteiger partial charge in [0.25, 0.3) is 0 Å². The van der Waals surface area contributed by atoms with E-state index in [1.165, 1.54) is 12.8 Å². The van der Waals surface area contributed by atoms with Gasteiger partial charge >= 0.3 is 0 Å². The lowest BCUT2D eigenvalue weighted by Gasteiger charge is -2.39. The number of nitrogens with one attached hydrogen (secondary N) is 1. The zero-order chi connectivity index (χ0) is 19.0. The second kappa shape index (κ2) is 10.6. The molecule has 0 aromatic rings. The molecule has 1 unspecified atom stereocenters. The fourth-order valence-corrected chi connectivity index (χ4v) is 4.19. The van der Waals surface area contributed by atoms with Crippen molar-refractivity contribution in [3.63, 3.8) is 0 Å². The Balaban J connectivity index is 1.39. The van der Waals surface area contributed by atoms with Crippen LogP contribution in [0.15, 0.2) is 4.99 Å². The molecule has 7 heteroatoms. The molecule has 3 saturated heterocycles. The van der Waals surface area contributed by atoms with E-state index in [9.17, 15) is 0 Å². The molecule has 156 valence electrons. The Morgan fingerprint density at radius 1 is 1.15 bits per heavy atom. The van der Waals surface area contributed by atoms with Crippen LogP contribution in [0.2, 0.25) is 0 Å². The van der Waals surface area contributed by atoms with Crippen LogP contribution in [-0.2, 0) is 18.9 Å². The summed E-state index contributed by atoms with van der Waals surface area (Å²) in [5.74, 6) is 0.965. The molecule has 3 fully saturated rings. The van der Waals surface area contributed by atoms with Crippen LogP contribution in [0.5, 0.6) is 0 Å². The van der Waals surface area contributed by atoms with Gasteiger partial charge in [-0.05, 0) is 32.1 Å². The summed E-state index contributed by atoms with van der Waals surface area (Å²) in [5.41, 5.74) is -0.143. The van der Waals surface area contributed by atoms with Gasteiger partial charge < -0.3 is 29.2 Å². The summed E-state index contributed by atoms with van der Waals surface area (Å²) in [6.07, 6.45) is 8.16. The molecule has 3 rings (SSSR count). The van der Waals surface area contributed by atoms with E-state index in [-0.39, 0.29) is 5.60 Å². The van der Waals surface area contributed by atoms with Crippen LogP contribution >= 0.6 is 0 Å². The predicted molar refractivity (Wildman–Crippen MR) is 105 cm³/mol. The number of ether oxygens (including phenoxy) is 4. The average Bonchev–Trinajstić information content (AvgIpc) is 2.75. The first kappa shape index (κ1) is 20.8. The van der Waals surface area contributed by atoms with Crippen LogP contribution in [-0.4, -0.2) is 88.9 Å². The van der Waals surface area contributed by atoms with Gasteiger partial charge in [-0.1, -0.05) is 0 Å². The lowest BCUT2D eigenvalue weighted by Crippen LogP contribution is -2.53. The van der Waals surface area contributed by atoms with E-state index in [0.29, 0.717) is 12.2 Å². The van der Waals surface area contributed by atoms with E-state index in [4.69, 9.17) is 18.9 Å². The average molecular weight is 384 g/mol. The van der Waals surface area contributed by atoms with Gasteiger partial charge in [-0.25, -0.2) is 0 Å². The minimum Gasteiger partial charge on any atom is -0.381 e. The lowest BCUT2D eigenvalue weighted by molar-refractivity contribution is -0.0860. The standard InChI is InChI=1S/C20H37N3O4/c1-21-19(22-16-20(24-2)8-13-25-14-9-20)23-10-6-17(7-11-23)27-15-18-5-3-4-12-26-18/h17-18H,3-16H2,1-2H3,(H,21,22). The van der Waals surface area contributed by atoms with Crippen molar-refractivity contribution in [3.05, 3.63) is 0 Å². The van der Waals surface area contributed by atoms with Gasteiger partial charge in [-0.2, -0.15) is 0 Å². The molecule has 1 atom stereocenters. The van der Waals surface area contributed by atoms with E-state index >= 15 is 0 Å². The van der Waals surface area contributed by atoms with Crippen molar-refractivity contribution >= 4 is 5.96 Å². The molecule has 0 radical (unpaired) electrons. The van der Waals surface area contributed by atoms with Crippen molar-refractivity contribution in [2.24, 2.45) is 4.99 Å². The third-order valence-corrected chi connectivity index (χ3v) is 6.15. The molecule has 3 heterocycles. The largest absolute Gasteiger partial charge is 0.381 e. The van der Waals surface area contributed by atoms with E-state index in [0.717, 1.165) is 84.1 Å². The number of aliphatic imine (C=N–C) groups is 1. The second-order valence-electron chi connectivity index (χ2n) is 7.91. The smallest absolute Gasteiger partial charge is 0.193 e. The fourth-order valence-electron chi connectivity index (χ4n) is 4.19. The first-order valence-corrected chi connectivity index (χ1v) is 10.6.